The molecule has 202 valence electrons. The van der Waals surface area contributed by atoms with Gasteiger partial charge in [0.1, 0.15) is 23.9 Å². The second-order valence-electron chi connectivity index (χ2n) is 8.48. The second kappa shape index (κ2) is 12.8. The van der Waals surface area contributed by atoms with Crippen molar-refractivity contribution in [2.45, 2.75) is 37.2 Å². The number of rotatable bonds is 13. The number of nitrogens with zero attached hydrogens (tertiary/aromatic N) is 2. The summed E-state index contributed by atoms with van der Waals surface area (Å²) in [5.41, 5.74) is 0.752. The van der Waals surface area contributed by atoms with Gasteiger partial charge in [-0.15, -0.1) is 11.6 Å². The van der Waals surface area contributed by atoms with Crippen molar-refractivity contribution in [2.75, 3.05) is 13.0 Å². The molecule has 2 aromatic rings. The van der Waals surface area contributed by atoms with E-state index < -0.39 is 41.4 Å². The van der Waals surface area contributed by atoms with Gasteiger partial charge in [0.25, 0.3) is 11.8 Å². The van der Waals surface area contributed by atoms with E-state index in [0.29, 0.717) is 28.8 Å². The fourth-order valence-electron chi connectivity index (χ4n) is 4.00. The van der Waals surface area contributed by atoms with Crippen molar-refractivity contribution in [3.63, 3.8) is 0 Å². The predicted octanol–water partition coefficient (Wildman–Crippen LogP) is 2.78. The van der Waals surface area contributed by atoms with Crippen molar-refractivity contribution in [1.82, 2.24) is 15.3 Å². The van der Waals surface area contributed by atoms with Crippen molar-refractivity contribution < 1.29 is 33.9 Å². The highest BCUT2D eigenvalue weighted by molar-refractivity contribution is 6.27. The highest BCUT2D eigenvalue weighted by atomic mass is 35.5. The maximum absolute atomic E-state index is 13.5. The van der Waals surface area contributed by atoms with E-state index >= 15 is 0 Å². The lowest BCUT2D eigenvalue weighted by Crippen LogP contribution is -2.72. The van der Waals surface area contributed by atoms with Crippen LogP contribution in [-0.4, -0.2) is 69.8 Å². The summed E-state index contributed by atoms with van der Waals surface area (Å²) in [5.74, 6) is -2.37. The van der Waals surface area contributed by atoms with Crippen molar-refractivity contribution in [3.05, 3.63) is 77.4 Å². The Morgan fingerprint density at radius 3 is 2.42 bits per heavy atom. The molecule has 1 aliphatic heterocycles. The second-order valence-corrected chi connectivity index (χ2v) is 9.20. The number of hydroxylamine groups is 2. The van der Waals surface area contributed by atoms with Crippen LogP contribution in [0.2, 0.25) is 0 Å². The van der Waals surface area contributed by atoms with Gasteiger partial charge in [0.15, 0.2) is 12.1 Å². The molecule has 38 heavy (non-hydrogen) atoms. The molecule has 4 atom stereocenters. The van der Waals surface area contributed by atoms with Crippen LogP contribution in [0.5, 0.6) is 5.75 Å². The van der Waals surface area contributed by atoms with Crippen LogP contribution in [0.4, 0.5) is 0 Å². The molecule has 0 aromatic heterocycles. The van der Waals surface area contributed by atoms with Crippen molar-refractivity contribution in [3.8, 4) is 5.75 Å². The number of carboxylic acid groups (broad SMARTS) is 1. The molecule has 3 amide bonds. The summed E-state index contributed by atoms with van der Waals surface area (Å²) < 4.78 is 5.14. The van der Waals surface area contributed by atoms with Gasteiger partial charge in [-0.2, -0.15) is 0 Å². The van der Waals surface area contributed by atoms with Gasteiger partial charge in [-0.05, 0) is 41.3 Å². The average molecular weight is 564 g/mol. The van der Waals surface area contributed by atoms with E-state index in [2.05, 4.69) is 11.9 Å². The van der Waals surface area contributed by atoms with Gasteiger partial charge in [-0.1, -0.05) is 54.6 Å². The predicted molar refractivity (Wildman–Crippen MR) is 139 cm³/mol. The van der Waals surface area contributed by atoms with Gasteiger partial charge in [-0.25, -0.2) is 9.86 Å². The lowest BCUT2D eigenvalue weighted by atomic mass is 9.97. The van der Waals surface area contributed by atoms with E-state index in [9.17, 15) is 24.3 Å². The number of halogens is 2. The van der Waals surface area contributed by atoms with Crippen molar-refractivity contribution >= 4 is 47.4 Å². The number of carbonyl (C=O) groups excluding carboxylic acids is 3. The quantitative estimate of drug-likeness (QED) is 0.0958. The summed E-state index contributed by atoms with van der Waals surface area (Å²) in [6.45, 7) is 5.33. The summed E-state index contributed by atoms with van der Waals surface area (Å²) in [6, 6.07) is 9.89. The number of likely N-dealkylation sites (tertiary alicyclic amines) is 1. The maximum Gasteiger partial charge on any atom is 0.330 e. The van der Waals surface area contributed by atoms with Gasteiger partial charge in [-0.3, -0.25) is 19.2 Å². The van der Waals surface area contributed by atoms with Gasteiger partial charge >= 0.3 is 5.97 Å². The SMILES string of the molecule is C=C(CCl)C(C(=O)O)N1C(=O)C(NC(=O)C(c2ccccc2C)N(C=O)OCc2ccc(OC)cc2)C1Cl. The zero-order chi connectivity index (χ0) is 28.0. The molecule has 0 aliphatic carbocycles. The largest absolute Gasteiger partial charge is 0.497 e. The number of alkyl halides is 2. The number of hydrogen-bond acceptors (Lipinski definition) is 6. The molecule has 3 rings (SSSR count). The number of carbonyl (C=O) groups is 4. The molecule has 1 heterocycles. The summed E-state index contributed by atoms with van der Waals surface area (Å²) in [7, 11) is 1.54. The number of nitrogens with one attached hydrogen (secondary N) is 1. The van der Waals surface area contributed by atoms with Gasteiger partial charge < -0.3 is 20.1 Å². The Hall–Kier alpha value is -3.60. The minimum absolute atomic E-state index is 0.0342. The number of ether oxygens (including phenoxy) is 1. The van der Waals surface area contributed by atoms with Crippen LogP contribution >= 0.6 is 23.2 Å². The average Bonchev–Trinajstić information content (AvgIpc) is 2.92. The first kappa shape index (κ1) is 29.0. The standard InChI is InChI=1S/C26H27Cl2N3O7/c1-15-6-4-5-7-19(15)22(30(14-32)38-13-17-8-10-18(37-3)11-9-17)24(33)29-20-23(28)31(25(20)34)21(26(35)36)16(2)12-27/h4-11,14,20-23H,2,12-13H2,1,3H3,(H,29,33)(H,35,36). The topological polar surface area (TPSA) is 125 Å². The zero-order valence-corrected chi connectivity index (χ0v) is 22.2. The Kier molecular flexibility index (Phi) is 9.73. The lowest BCUT2D eigenvalue weighted by molar-refractivity contribution is -0.197. The Labute approximate surface area is 229 Å². The molecule has 0 bridgehead atoms. The molecule has 2 aromatic carbocycles. The van der Waals surface area contributed by atoms with E-state index in [-0.39, 0.29) is 18.1 Å². The van der Waals surface area contributed by atoms with E-state index in [1.807, 2.05) is 0 Å². The number of methoxy groups -OCH3 is 1. The van der Waals surface area contributed by atoms with Gasteiger partial charge in [0.05, 0.1) is 7.11 Å². The van der Waals surface area contributed by atoms with Crippen LogP contribution in [0.25, 0.3) is 0 Å². The fourth-order valence-corrected chi connectivity index (χ4v) is 4.52. The molecule has 4 unspecified atom stereocenters. The molecular formula is C26H27Cl2N3O7. The zero-order valence-electron chi connectivity index (χ0n) is 20.7. The van der Waals surface area contributed by atoms with E-state index in [1.165, 1.54) is 0 Å². The minimum Gasteiger partial charge on any atom is -0.497 e. The third-order valence-corrected chi connectivity index (χ3v) is 6.86. The molecule has 0 spiro atoms. The summed E-state index contributed by atoms with van der Waals surface area (Å²) in [6.07, 6.45) is 0.373. The van der Waals surface area contributed by atoms with Crippen LogP contribution in [0.3, 0.4) is 0 Å². The third kappa shape index (κ3) is 6.09. The van der Waals surface area contributed by atoms with E-state index in [0.717, 1.165) is 9.96 Å². The van der Waals surface area contributed by atoms with E-state index in [4.69, 9.17) is 32.8 Å². The molecule has 12 heteroatoms. The van der Waals surface area contributed by atoms with Crippen molar-refractivity contribution in [2.24, 2.45) is 0 Å². The number of aliphatic carboxylic acids is 1. The van der Waals surface area contributed by atoms with Gasteiger partial charge in [0.2, 0.25) is 6.41 Å². The molecule has 1 aliphatic rings. The molecule has 1 saturated heterocycles. The Balaban J connectivity index is 1.82. The lowest BCUT2D eigenvalue weighted by Gasteiger charge is -2.47. The maximum atomic E-state index is 13.5. The highest BCUT2D eigenvalue weighted by Gasteiger charge is 2.53. The molecule has 2 N–H and O–H groups in total. The molecule has 0 radical (unpaired) electrons. The third-order valence-electron chi connectivity index (χ3n) is 6.06. The van der Waals surface area contributed by atoms with Gasteiger partial charge in [0, 0.05) is 5.88 Å². The fraction of sp³-hybridized carbons (Fsp3) is 0.308. The summed E-state index contributed by atoms with van der Waals surface area (Å²) >= 11 is 12.1. The summed E-state index contributed by atoms with van der Waals surface area (Å²) in [5, 5.41) is 12.9. The van der Waals surface area contributed by atoms with E-state index in [1.54, 1.807) is 62.6 Å². The highest BCUT2D eigenvalue weighted by Crippen LogP contribution is 2.31. The first-order valence-corrected chi connectivity index (χ1v) is 12.4. The van der Waals surface area contributed by atoms with Crippen molar-refractivity contribution in [1.29, 1.82) is 0 Å². The van der Waals surface area contributed by atoms with Crippen LogP contribution in [0.15, 0.2) is 60.7 Å². The minimum atomic E-state index is -1.44. The summed E-state index contributed by atoms with van der Waals surface area (Å²) in [4.78, 5) is 56.7. The normalized spacial score (nSPS) is 18.1. The number of benzene rings is 2. The molecular weight excluding hydrogens is 537 g/mol. The number of aryl methyl sites for hydroxylation is 1. The Morgan fingerprint density at radius 2 is 1.89 bits per heavy atom. The Bertz CT molecular complexity index is 1210. The Morgan fingerprint density at radius 1 is 1.24 bits per heavy atom. The number of β-lactam (4-membered cyclic amide) rings is 1. The molecule has 10 nitrogen and oxygen atoms in total. The van der Waals surface area contributed by atoms with Crippen LogP contribution in [0.1, 0.15) is 22.7 Å². The number of carboxylic acids is 1. The monoisotopic (exact) mass is 563 g/mol. The van der Waals surface area contributed by atoms with Crippen LogP contribution in [0, 0.1) is 6.92 Å². The smallest absolute Gasteiger partial charge is 0.330 e. The molecule has 0 saturated carbocycles. The molecule has 1 fully saturated rings. The van der Waals surface area contributed by atoms with Crippen LogP contribution in [-0.2, 0) is 30.6 Å². The first-order chi connectivity index (χ1) is 18.1. The first-order valence-electron chi connectivity index (χ1n) is 11.4. The number of amides is 3. The number of hydrogen-bond donors (Lipinski definition) is 2. The van der Waals surface area contributed by atoms with Crippen LogP contribution < -0.4 is 10.1 Å².